The van der Waals surface area contributed by atoms with Crippen molar-refractivity contribution in [1.82, 2.24) is 0 Å². The second kappa shape index (κ2) is 4.97. The third-order valence-electron chi connectivity index (χ3n) is 2.33. The van der Waals surface area contributed by atoms with Crippen LogP contribution in [0.25, 0.3) is 0 Å². The van der Waals surface area contributed by atoms with Gasteiger partial charge in [-0.25, -0.2) is 0 Å². The molecule has 0 spiro atoms. The number of benzene rings is 2. The molecule has 88 valence electrons. The highest BCUT2D eigenvalue weighted by atomic mass is 15.1. The molecular formula is C13H11N5. The fourth-order valence-electron chi connectivity index (χ4n) is 1.36. The van der Waals surface area contributed by atoms with Crippen LogP contribution < -0.4 is 11.5 Å². The third-order valence-corrected chi connectivity index (χ3v) is 2.33. The molecule has 5 nitrogen and oxygen atoms in total. The maximum absolute atomic E-state index is 8.84. The van der Waals surface area contributed by atoms with Gasteiger partial charge in [0.1, 0.15) is 6.07 Å². The first-order chi connectivity index (χ1) is 8.69. The number of nitrogens with zero attached hydrogens (tertiary/aromatic N) is 3. The van der Waals surface area contributed by atoms with E-state index in [2.05, 4.69) is 10.2 Å². The van der Waals surface area contributed by atoms with Gasteiger partial charge in [-0.3, -0.25) is 0 Å². The lowest BCUT2D eigenvalue weighted by Gasteiger charge is -1.98. The summed E-state index contributed by atoms with van der Waals surface area (Å²) in [5, 5.41) is 16.9. The van der Waals surface area contributed by atoms with E-state index < -0.39 is 0 Å². The zero-order chi connectivity index (χ0) is 13.0. The first kappa shape index (κ1) is 11.6. The maximum atomic E-state index is 8.84. The number of rotatable bonds is 2. The Bertz CT molecular complexity index is 623. The predicted octanol–water partition coefficient (Wildman–Crippen LogP) is 3.14. The minimum absolute atomic E-state index is 0.392. The van der Waals surface area contributed by atoms with Crippen LogP contribution in [-0.2, 0) is 0 Å². The fraction of sp³-hybridized carbons (Fsp3) is 0. The molecule has 0 radical (unpaired) electrons. The number of hydrogen-bond acceptors (Lipinski definition) is 5. The molecule has 0 aromatic heterocycles. The van der Waals surface area contributed by atoms with E-state index in [4.69, 9.17) is 16.7 Å². The first-order valence-corrected chi connectivity index (χ1v) is 5.26. The first-order valence-electron chi connectivity index (χ1n) is 5.26. The highest BCUT2D eigenvalue weighted by Gasteiger charge is 1.99. The number of nitrogens with two attached hydrogens (primary N) is 2. The lowest BCUT2D eigenvalue weighted by atomic mass is 10.2. The Morgan fingerprint density at radius 2 is 1.50 bits per heavy atom. The molecule has 4 N–H and O–H groups in total. The Balaban J connectivity index is 2.24. The second-order valence-corrected chi connectivity index (χ2v) is 3.67. The highest BCUT2D eigenvalue weighted by molar-refractivity contribution is 5.60. The smallest absolute Gasteiger partial charge is 0.101 e. The molecule has 5 heteroatoms. The van der Waals surface area contributed by atoms with Crippen molar-refractivity contribution in [3.63, 3.8) is 0 Å². The van der Waals surface area contributed by atoms with Crippen molar-refractivity contribution in [2.45, 2.75) is 0 Å². The quantitative estimate of drug-likeness (QED) is 0.619. The van der Waals surface area contributed by atoms with E-state index in [9.17, 15) is 0 Å². The van der Waals surface area contributed by atoms with Crippen LogP contribution in [0.2, 0.25) is 0 Å². The van der Waals surface area contributed by atoms with Gasteiger partial charge in [0.15, 0.2) is 0 Å². The standard InChI is InChI=1S/C13H11N5/c14-8-9-7-12(5-6-13(9)16)18-17-11-3-1-10(15)2-4-11/h1-7H,15-16H2/b18-17+. The highest BCUT2D eigenvalue weighted by Crippen LogP contribution is 2.22. The predicted molar refractivity (Wildman–Crippen MR) is 70.6 cm³/mol. The van der Waals surface area contributed by atoms with Gasteiger partial charge in [-0.1, -0.05) is 0 Å². The molecule has 0 unspecified atom stereocenters. The molecule has 2 aromatic rings. The molecule has 0 atom stereocenters. The Morgan fingerprint density at radius 1 is 0.889 bits per heavy atom. The van der Waals surface area contributed by atoms with Gasteiger partial charge in [0.05, 0.1) is 16.9 Å². The summed E-state index contributed by atoms with van der Waals surface area (Å²) in [6.45, 7) is 0. The lowest BCUT2D eigenvalue weighted by Crippen LogP contribution is -1.88. The molecule has 0 saturated heterocycles. The summed E-state index contributed by atoms with van der Waals surface area (Å²) in [6, 6.07) is 14.0. The summed E-state index contributed by atoms with van der Waals surface area (Å²) in [5.41, 5.74) is 14.0. The molecule has 0 bridgehead atoms. The van der Waals surface area contributed by atoms with Gasteiger partial charge < -0.3 is 11.5 Å². The van der Waals surface area contributed by atoms with Crippen LogP contribution in [0.3, 0.4) is 0 Å². The molecule has 18 heavy (non-hydrogen) atoms. The van der Waals surface area contributed by atoms with Crippen LogP contribution in [0.4, 0.5) is 22.7 Å². The zero-order valence-electron chi connectivity index (χ0n) is 9.54. The number of nitrogen functional groups attached to an aromatic ring is 2. The number of anilines is 2. The lowest BCUT2D eigenvalue weighted by molar-refractivity contribution is 1.23. The Morgan fingerprint density at radius 3 is 2.17 bits per heavy atom. The Labute approximate surface area is 104 Å². The average Bonchev–Trinajstić information content (AvgIpc) is 2.39. The van der Waals surface area contributed by atoms with E-state index in [1.54, 1.807) is 42.5 Å². The Hall–Kier alpha value is -2.87. The Kier molecular flexibility index (Phi) is 3.21. The average molecular weight is 237 g/mol. The molecular weight excluding hydrogens is 226 g/mol. The molecule has 0 aliphatic heterocycles. The van der Waals surface area contributed by atoms with E-state index in [0.717, 1.165) is 0 Å². The molecule has 0 fully saturated rings. The van der Waals surface area contributed by atoms with E-state index in [0.29, 0.717) is 28.3 Å². The van der Waals surface area contributed by atoms with Crippen LogP contribution >= 0.6 is 0 Å². The van der Waals surface area contributed by atoms with Crippen molar-refractivity contribution in [2.75, 3.05) is 11.5 Å². The molecule has 2 aromatic carbocycles. The number of azo groups is 1. The van der Waals surface area contributed by atoms with Gasteiger partial charge in [0, 0.05) is 11.4 Å². The number of nitriles is 1. The van der Waals surface area contributed by atoms with Crippen LogP contribution in [-0.4, -0.2) is 0 Å². The molecule has 2 rings (SSSR count). The van der Waals surface area contributed by atoms with Crippen LogP contribution in [0.1, 0.15) is 5.56 Å². The van der Waals surface area contributed by atoms with Crippen molar-refractivity contribution in [1.29, 1.82) is 5.26 Å². The van der Waals surface area contributed by atoms with Gasteiger partial charge in [0.25, 0.3) is 0 Å². The third kappa shape index (κ3) is 2.62. The number of hydrogen-bond donors (Lipinski definition) is 2. The van der Waals surface area contributed by atoms with Crippen molar-refractivity contribution in [3.05, 3.63) is 48.0 Å². The van der Waals surface area contributed by atoms with E-state index in [1.807, 2.05) is 6.07 Å². The largest absolute Gasteiger partial charge is 0.399 e. The maximum Gasteiger partial charge on any atom is 0.101 e. The summed E-state index contributed by atoms with van der Waals surface area (Å²) in [6.07, 6.45) is 0. The molecule has 0 aliphatic carbocycles. The summed E-state index contributed by atoms with van der Waals surface area (Å²) >= 11 is 0. The van der Waals surface area contributed by atoms with Crippen LogP contribution in [0, 0.1) is 11.3 Å². The van der Waals surface area contributed by atoms with Crippen molar-refractivity contribution >= 4 is 22.7 Å². The summed E-state index contributed by atoms with van der Waals surface area (Å²) in [5.74, 6) is 0. The van der Waals surface area contributed by atoms with Crippen LogP contribution in [0.15, 0.2) is 52.7 Å². The van der Waals surface area contributed by atoms with Gasteiger partial charge in [-0.15, -0.1) is 0 Å². The summed E-state index contributed by atoms with van der Waals surface area (Å²) in [7, 11) is 0. The minimum Gasteiger partial charge on any atom is -0.399 e. The van der Waals surface area contributed by atoms with Crippen molar-refractivity contribution in [3.8, 4) is 6.07 Å². The molecule has 0 heterocycles. The van der Waals surface area contributed by atoms with Crippen molar-refractivity contribution in [2.24, 2.45) is 10.2 Å². The SMILES string of the molecule is N#Cc1cc(/N=N/c2ccc(N)cc2)ccc1N. The second-order valence-electron chi connectivity index (χ2n) is 3.67. The monoisotopic (exact) mass is 237 g/mol. The summed E-state index contributed by atoms with van der Waals surface area (Å²) in [4.78, 5) is 0. The van der Waals surface area contributed by atoms with Crippen molar-refractivity contribution < 1.29 is 0 Å². The minimum atomic E-state index is 0.392. The molecule has 0 saturated carbocycles. The van der Waals surface area contributed by atoms with Gasteiger partial charge >= 0.3 is 0 Å². The van der Waals surface area contributed by atoms with Gasteiger partial charge in [-0.05, 0) is 42.5 Å². The molecule has 0 aliphatic rings. The van der Waals surface area contributed by atoms with E-state index >= 15 is 0 Å². The normalized spacial score (nSPS) is 10.4. The van der Waals surface area contributed by atoms with Gasteiger partial charge in [0.2, 0.25) is 0 Å². The van der Waals surface area contributed by atoms with E-state index in [-0.39, 0.29) is 0 Å². The fourth-order valence-corrected chi connectivity index (χ4v) is 1.36. The van der Waals surface area contributed by atoms with Crippen LogP contribution in [0.5, 0.6) is 0 Å². The van der Waals surface area contributed by atoms with Gasteiger partial charge in [-0.2, -0.15) is 15.5 Å². The van der Waals surface area contributed by atoms with E-state index in [1.165, 1.54) is 0 Å². The zero-order valence-corrected chi connectivity index (χ0v) is 9.54. The topological polar surface area (TPSA) is 101 Å². The summed E-state index contributed by atoms with van der Waals surface area (Å²) < 4.78 is 0. The molecule has 0 amide bonds.